The molecule has 0 aliphatic heterocycles. The van der Waals surface area contributed by atoms with Crippen LogP contribution in [0.2, 0.25) is 5.02 Å². The molecule has 0 radical (unpaired) electrons. The van der Waals surface area contributed by atoms with E-state index in [1.54, 1.807) is 56.2 Å². The van der Waals surface area contributed by atoms with Crippen molar-refractivity contribution in [2.45, 2.75) is 13.1 Å². The van der Waals surface area contributed by atoms with Gasteiger partial charge in [-0.3, -0.25) is 9.36 Å². The highest BCUT2D eigenvalue weighted by Gasteiger charge is 2.19. The van der Waals surface area contributed by atoms with E-state index in [1.165, 1.54) is 0 Å². The Hall–Kier alpha value is -3.55. The molecule has 0 saturated carbocycles. The molecule has 33 heavy (non-hydrogen) atoms. The smallest absolute Gasteiger partial charge is 0.262 e. The Labute approximate surface area is 196 Å². The molecule has 3 aromatic carbocycles. The third-order valence-corrected chi connectivity index (χ3v) is 5.64. The number of nitrogens with zero attached hydrogens (tertiary/aromatic N) is 2. The van der Waals surface area contributed by atoms with Gasteiger partial charge in [0.15, 0.2) is 11.5 Å². The van der Waals surface area contributed by atoms with E-state index in [-0.39, 0.29) is 5.56 Å². The summed E-state index contributed by atoms with van der Waals surface area (Å²) in [6.07, 6.45) is 0. The average molecular weight is 466 g/mol. The molecule has 0 saturated heterocycles. The van der Waals surface area contributed by atoms with Crippen molar-refractivity contribution < 1.29 is 14.2 Å². The van der Waals surface area contributed by atoms with Crippen molar-refractivity contribution in [3.8, 4) is 28.6 Å². The van der Waals surface area contributed by atoms with Gasteiger partial charge in [0, 0.05) is 17.1 Å². The molecule has 2 N–H and O–H groups in total. The molecule has 0 aliphatic carbocycles. The minimum Gasteiger partial charge on any atom is -0.493 e. The van der Waals surface area contributed by atoms with Gasteiger partial charge < -0.3 is 19.9 Å². The first-order valence-electron chi connectivity index (χ1n) is 10.3. The number of aromatic nitrogens is 2. The molecule has 0 bridgehead atoms. The van der Waals surface area contributed by atoms with Crippen molar-refractivity contribution in [3.05, 3.63) is 81.1 Å². The van der Waals surface area contributed by atoms with Crippen LogP contribution in [0.15, 0.2) is 59.4 Å². The van der Waals surface area contributed by atoms with Gasteiger partial charge >= 0.3 is 0 Å². The molecule has 0 unspecified atom stereocenters. The van der Waals surface area contributed by atoms with Crippen molar-refractivity contribution in [1.82, 2.24) is 9.55 Å². The number of rotatable bonds is 7. The van der Waals surface area contributed by atoms with Gasteiger partial charge in [0.25, 0.3) is 5.56 Å². The van der Waals surface area contributed by atoms with E-state index in [0.29, 0.717) is 57.7 Å². The van der Waals surface area contributed by atoms with Crippen LogP contribution in [0.3, 0.4) is 0 Å². The lowest BCUT2D eigenvalue weighted by Gasteiger charge is -2.17. The maximum Gasteiger partial charge on any atom is 0.262 e. The predicted molar refractivity (Wildman–Crippen MR) is 130 cm³/mol. The van der Waals surface area contributed by atoms with Crippen LogP contribution in [0.25, 0.3) is 22.3 Å². The molecular weight excluding hydrogens is 442 g/mol. The summed E-state index contributed by atoms with van der Waals surface area (Å²) in [6, 6.07) is 16.4. The van der Waals surface area contributed by atoms with Crippen LogP contribution in [0, 0.1) is 0 Å². The lowest BCUT2D eigenvalue weighted by atomic mass is 10.1. The topological polar surface area (TPSA) is 88.6 Å². The fourth-order valence-electron chi connectivity index (χ4n) is 3.81. The van der Waals surface area contributed by atoms with Crippen LogP contribution in [0.1, 0.15) is 11.1 Å². The highest BCUT2D eigenvalue weighted by Crippen LogP contribution is 2.41. The third-order valence-electron chi connectivity index (χ3n) is 5.41. The van der Waals surface area contributed by atoms with E-state index in [4.69, 9.17) is 36.5 Å². The molecule has 4 rings (SSSR count). The van der Waals surface area contributed by atoms with Crippen molar-refractivity contribution in [2.75, 3.05) is 21.3 Å². The van der Waals surface area contributed by atoms with Gasteiger partial charge in [-0.2, -0.15) is 0 Å². The zero-order valence-corrected chi connectivity index (χ0v) is 19.3. The summed E-state index contributed by atoms with van der Waals surface area (Å²) in [5.74, 6) is 1.86. The minimum absolute atomic E-state index is 0.204. The minimum atomic E-state index is -0.204. The molecule has 7 nitrogen and oxygen atoms in total. The second-order valence-electron chi connectivity index (χ2n) is 7.43. The predicted octanol–water partition coefficient (Wildman–Crippen LogP) is 4.25. The van der Waals surface area contributed by atoms with Gasteiger partial charge in [-0.15, -0.1) is 0 Å². The van der Waals surface area contributed by atoms with Gasteiger partial charge in [0.05, 0.1) is 38.8 Å². The molecule has 8 heteroatoms. The first-order chi connectivity index (χ1) is 16.0. The zero-order valence-electron chi connectivity index (χ0n) is 18.6. The Kier molecular flexibility index (Phi) is 6.53. The van der Waals surface area contributed by atoms with Crippen LogP contribution < -0.4 is 25.5 Å². The van der Waals surface area contributed by atoms with E-state index in [2.05, 4.69) is 0 Å². The van der Waals surface area contributed by atoms with Crippen molar-refractivity contribution in [2.24, 2.45) is 5.73 Å². The Morgan fingerprint density at radius 1 is 0.939 bits per heavy atom. The fraction of sp³-hybridized carbons (Fsp3) is 0.200. The lowest BCUT2D eigenvalue weighted by molar-refractivity contribution is 0.324. The Morgan fingerprint density at radius 3 is 2.27 bits per heavy atom. The summed E-state index contributed by atoms with van der Waals surface area (Å²) < 4.78 is 18.1. The molecule has 1 aromatic heterocycles. The molecule has 170 valence electrons. The number of nitrogens with two attached hydrogens (primary N) is 1. The summed E-state index contributed by atoms with van der Waals surface area (Å²) in [5.41, 5.74) is 8.70. The standard InChI is InChI=1S/C25H24ClN3O4/c1-31-21-10-17(11-22(32-2)23(21)33-3)24-28-20-8-7-18(26)12-19(20)25(30)29(24)14-16-6-4-5-15(9-16)13-27/h4-12H,13-14,27H2,1-3H3. The van der Waals surface area contributed by atoms with Crippen LogP contribution in [-0.2, 0) is 13.1 Å². The number of benzene rings is 3. The Bertz CT molecular complexity index is 1360. The van der Waals surface area contributed by atoms with E-state index in [9.17, 15) is 4.79 Å². The molecule has 4 aromatic rings. The number of halogens is 1. The highest BCUT2D eigenvalue weighted by atomic mass is 35.5. The van der Waals surface area contributed by atoms with E-state index in [1.807, 2.05) is 24.3 Å². The quantitative estimate of drug-likeness (QED) is 0.439. The van der Waals surface area contributed by atoms with Crippen molar-refractivity contribution >= 4 is 22.5 Å². The van der Waals surface area contributed by atoms with Crippen LogP contribution >= 0.6 is 11.6 Å². The number of ether oxygens (including phenoxy) is 3. The Balaban J connectivity index is 2.00. The van der Waals surface area contributed by atoms with Crippen molar-refractivity contribution in [3.63, 3.8) is 0 Å². The third kappa shape index (κ3) is 4.37. The summed E-state index contributed by atoms with van der Waals surface area (Å²) in [5, 5.41) is 0.910. The first-order valence-corrected chi connectivity index (χ1v) is 10.6. The molecule has 0 spiro atoms. The molecule has 0 aliphatic rings. The van der Waals surface area contributed by atoms with Gasteiger partial charge in [0.2, 0.25) is 5.75 Å². The number of fused-ring (bicyclic) bond motifs is 1. The van der Waals surface area contributed by atoms with E-state index >= 15 is 0 Å². The molecular formula is C25H24ClN3O4. The van der Waals surface area contributed by atoms with E-state index < -0.39 is 0 Å². The maximum atomic E-state index is 13.6. The summed E-state index contributed by atoms with van der Waals surface area (Å²) in [6.45, 7) is 0.710. The van der Waals surface area contributed by atoms with Gasteiger partial charge in [-0.05, 0) is 41.5 Å². The molecule has 1 heterocycles. The SMILES string of the molecule is COc1cc(-c2nc3ccc(Cl)cc3c(=O)n2Cc2cccc(CN)c2)cc(OC)c1OC. The van der Waals surface area contributed by atoms with Crippen molar-refractivity contribution in [1.29, 1.82) is 0 Å². The number of hydrogen-bond donors (Lipinski definition) is 1. The van der Waals surface area contributed by atoms with E-state index in [0.717, 1.165) is 11.1 Å². The monoisotopic (exact) mass is 465 g/mol. The largest absolute Gasteiger partial charge is 0.493 e. The van der Waals surface area contributed by atoms with Crippen LogP contribution in [0.4, 0.5) is 0 Å². The average Bonchev–Trinajstić information content (AvgIpc) is 2.85. The Morgan fingerprint density at radius 2 is 1.64 bits per heavy atom. The number of hydrogen-bond acceptors (Lipinski definition) is 6. The summed E-state index contributed by atoms with van der Waals surface area (Å²) in [4.78, 5) is 18.4. The number of methoxy groups -OCH3 is 3. The fourth-order valence-corrected chi connectivity index (χ4v) is 3.98. The second-order valence-corrected chi connectivity index (χ2v) is 7.86. The normalized spacial score (nSPS) is 10.9. The van der Waals surface area contributed by atoms with Crippen LogP contribution in [-0.4, -0.2) is 30.9 Å². The second kappa shape index (κ2) is 9.52. The molecule has 0 fully saturated rings. The van der Waals surface area contributed by atoms with Gasteiger partial charge in [-0.1, -0.05) is 35.9 Å². The van der Waals surface area contributed by atoms with Gasteiger partial charge in [0.1, 0.15) is 5.82 Å². The molecule has 0 atom stereocenters. The lowest BCUT2D eigenvalue weighted by Crippen LogP contribution is -2.24. The van der Waals surface area contributed by atoms with Crippen LogP contribution in [0.5, 0.6) is 17.2 Å². The van der Waals surface area contributed by atoms with Gasteiger partial charge in [-0.25, -0.2) is 4.98 Å². The first kappa shape index (κ1) is 22.6. The summed E-state index contributed by atoms with van der Waals surface area (Å²) in [7, 11) is 4.63. The summed E-state index contributed by atoms with van der Waals surface area (Å²) >= 11 is 6.18. The maximum absolute atomic E-state index is 13.6. The zero-order chi connectivity index (χ0) is 23.5. The molecule has 0 amide bonds. The highest BCUT2D eigenvalue weighted by molar-refractivity contribution is 6.31.